The lowest BCUT2D eigenvalue weighted by Gasteiger charge is -2.37. The molecule has 3 aliphatic rings. The van der Waals surface area contributed by atoms with Gasteiger partial charge in [0.15, 0.2) is 0 Å². The molecule has 3 N–H and O–H groups in total. The fraction of sp³-hybridized carbons (Fsp3) is 0.531. The number of carbonyl (C=O) groups excluding carboxylic acids is 2. The molecular weight excluding hydrogens is 656 g/mol. The summed E-state index contributed by atoms with van der Waals surface area (Å²) in [5, 5.41) is 13.3. The van der Waals surface area contributed by atoms with Crippen LogP contribution in [0.25, 0.3) is 0 Å². The molecule has 2 aromatic carbocycles. The summed E-state index contributed by atoms with van der Waals surface area (Å²) in [7, 11) is 0. The minimum atomic E-state index is -5.08. The summed E-state index contributed by atoms with van der Waals surface area (Å²) in [6.07, 6.45) is -1.30. The third-order valence-electron chi connectivity index (χ3n) is 8.70. The molecule has 46 heavy (non-hydrogen) atoms. The Bertz CT molecular complexity index is 1490. The summed E-state index contributed by atoms with van der Waals surface area (Å²) in [6, 6.07) is 5.87. The summed E-state index contributed by atoms with van der Waals surface area (Å²) in [5.41, 5.74) is -0.782. The molecule has 0 aliphatic carbocycles. The number of hydrogen-bond acceptors (Lipinski definition) is 5. The summed E-state index contributed by atoms with van der Waals surface area (Å²) in [4.78, 5) is 39.3. The number of nitrogens with zero attached hydrogens (tertiary/aromatic N) is 1. The molecule has 3 heterocycles. The van der Waals surface area contributed by atoms with Gasteiger partial charge in [-0.2, -0.15) is 13.2 Å². The Labute approximate surface area is 273 Å². The molecule has 0 bridgehead atoms. The number of rotatable bonds is 7. The van der Waals surface area contributed by atoms with Gasteiger partial charge in [-0.25, -0.2) is 13.6 Å². The van der Waals surface area contributed by atoms with Crippen LogP contribution in [-0.4, -0.2) is 65.6 Å². The van der Waals surface area contributed by atoms with Crippen LogP contribution < -0.4 is 10.6 Å². The highest BCUT2D eigenvalue weighted by Crippen LogP contribution is 2.57. The number of ketones is 1. The van der Waals surface area contributed by atoms with Crippen LogP contribution in [0, 0.1) is 17.0 Å². The topological polar surface area (TPSA) is 98.7 Å². The fourth-order valence-corrected chi connectivity index (χ4v) is 7.20. The van der Waals surface area contributed by atoms with Crippen LogP contribution in [0.2, 0.25) is 10.0 Å². The molecule has 0 aromatic heterocycles. The second-order valence-electron chi connectivity index (χ2n) is 13.1. The number of nitrogens with one attached hydrogen (secondary N) is 2. The number of carboxylic acid groups (broad SMARTS) is 1. The van der Waals surface area contributed by atoms with E-state index in [2.05, 4.69) is 15.5 Å². The van der Waals surface area contributed by atoms with Crippen LogP contribution in [-0.2, 0) is 19.8 Å². The fourth-order valence-electron chi connectivity index (χ4n) is 6.85. The molecule has 0 radical (unpaired) electrons. The third-order valence-corrected chi connectivity index (χ3v) is 9.28. The van der Waals surface area contributed by atoms with Gasteiger partial charge in [-0.05, 0) is 80.1 Å². The lowest BCUT2D eigenvalue weighted by atomic mass is 9.62. The predicted molar refractivity (Wildman–Crippen MR) is 164 cm³/mol. The number of benzene rings is 2. The smallest absolute Gasteiger partial charge is 0.475 e. The first-order valence-electron chi connectivity index (χ1n) is 14.9. The number of amides is 1. The Morgan fingerprint density at radius 2 is 1.70 bits per heavy atom. The van der Waals surface area contributed by atoms with Crippen molar-refractivity contribution in [3.8, 4) is 0 Å². The molecule has 4 atom stereocenters. The van der Waals surface area contributed by atoms with Gasteiger partial charge in [0, 0.05) is 24.1 Å². The zero-order valence-electron chi connectivity index (χ0n) is 25.5. The Morgan fingerprint density at radius 1 is 1.07 bits per heavy atom. The van der Waals surface area contributed by atoms with Crippen LogP contribution in [0.1, 0.15) is 69.9 Å². The first-order chi connectivity index (χ1) is 21.4. The van der Waals surface area contributed by atoms with Crippen LogP contribution in [0.15, 0.2) is 30.3 Å². The number of fused-ring (bicyclic) bond motifs is 2. The highest BCUT2D eigenvalue weighted by atomic mass is 35.5. The molecule has 14 heteroatoms. The maximum atomic E-state index is 15.8. The van der Waals surface area contributed by atoms with Gasteiger partial charge in [0.1, 0.15) is 22.8 Å². The van der Waals surface area contributed by atoms with Gasteiger partial charge in [0.2, 0.25) is 5.91 Å². The van der Waals surface area contributed by atoms with E-state index >= 15 is 4.39 Å². The van der Waals surface area contributed by atoms with E-state index in [1.165, 1.54) is 31.0 Å². The highest BCUT2D eigenvalue weighted by molar-refractivity contribution is 6.31. The number of anilines is 1. The zero-order chi connectivity index (χ0) is 34.2. The van der Waals surface area contributed by atoms with Crippen LogP contribution in [0.5, 0.6) is 0 Å². The number of hydrogen-bond donors (Lipinski definition) is 3. The van der Waals surface area contributed by atoms with Gasteiger partial charge in [-0.3, -0.25) is 9.59 Å². The SMILES string of the molecule is CC(C)(C)C[C@H]1N[C@@H](C(=O)CCCN2CCCC2)[C@H](c2cccc(Cl)c2F)[C@@]12C(=O)Nc1cc(Cl)c(F)cc12.O=C(O)C(F)(F)F. The van der Waals surface area contributed by atoms with E-state index in [9.17, 15) is 27.2 Å². The molecule has 1 spiro atoms. The normalized spacial score (nSPS) is 24.5. The van der Waals surface area contributed by atoms with Crippen molar-refractivity contribution in [2.24, 2.45) is 5.41 Å². The zero-order valence-corrected chi connectivity index (χ0v) is 27.1. The van der Waals surface area contributed by atoms with Gasteiger partial charge in [0.25, 0.3) is 0 Å². The van der Waals surface area contributed by atoms with E-state index in [0.717, 1.165) is 19.6 Å². The first kappa shape index (κ1) is 36.0. The van der Waals surface area contributed by atoms with Crippen molar-refractivity contribution in [2.75, 3.05) is 25.0 Å². The molecule has 252 valence electrons. The second-order valence-corrected chi connectivity index (χ2v) is 14.0. The summed E-state index contributed by atoms with van der Waals surface area (Å²) in [6.45, 7) is 9.01. The van der Waals surface area contributed by atoms with E-state index in [-0.39, 0.29) is 33.2 Å². The Kier molecular flexibility index (Phi) is 10.8. The molecule has 2 saturated heterocycles. The average molecular weight is 693 g/mol. The lowest BCUT2D eigenvalue weighted by Crippen LogP contribution is -2.49. The van der Waals surface area contributed by atoms with Crippen LogP contribution in [0.3, 0.4) is 0 Å². The van der Waals surface area contributed by atoms with Crippen molar-refractivity contribution in [1.29, 1.82) is 0 Å². The number of likely N-dealkylation sites (tertiary alicyclic amines) is 1. The number of carbonyl (C=O) groups is 3. The average Bonchev–Trinajstić information content (AvgIpc) is 3.64. The maximum Gasteiger partial charge on any atom is 0.490 e. The standard InChI is InChI=1S/C30H35Cl2F2N3O2.C2HF3O2/c1-29(2,3)16-24-30(18-14-21(33)20(32)15-22(18)35-28(30)39)25(17-8-6-9-19(31)26(17)34)27(36-24)23(38)10-7-13-37-11-4-5-12-37;3-2(4,5)1(6)7/h6,8-9,14-15,24-25,27,36H,4-5,7,10-13,16H2,1-3H3,(H,35,39);(H,6,7)/t24-,25+,27+,30+;/m1./s1. The number of halogens is 7. The maximum absolute atomic E-state index is 15.8. The summed E-state index contributed by atoms with van der Waals surface area (Å²) in [5.74, 6) is -5.54. The Morgan fingerprint density at radius 3 is 2.28 bits per heavy atom. The van der Waals surface area contributed by atoms with Crippen LogP contribution in [0.4, 0.5) is 27.6 Å². The molecule has 2 aromatic rings. The second kappa shape index (κ2) is 13.7. The molecule has 0 saturated carbocycles. The first-order valence-corrected chi connectivity index (χ1v) is 15.7. The van der Waals surface area contributed by atoms with Crippen molar-refractivity contribution in [3.05, 3.63) is 63.1 Å². The van der Waals surface area contributed by atoms with Crippen LogP contribution >= 0.6 is 23.2 Å². The van der Waals surface area contributed by atoms with Gasteiger partial charge in [-0.15, -0.1) is 0 Å². The monoisotopic (exact) mass is 691 g/mol. The van der Waals surface area contributed by atoms with Gasteiger partial charge >= 0.3 is 12.1 Å². The number of alkyl halides is 3. The van der Waals surface area contributed by atoms with Gasteiger partial charge in [-0.1, -0.05) is 56.1 Å². The van der Waals surface area contributed by atoms with Crippen molar-refractivity contribution in [1.82, 2.24) is 10.2 Å². The lowest BCUT2D eigenvalue weighted by molar-refractivity contribution is -0.192. The molecule has 3 aliphatic heterocycles. The Balaban J connectivity index is 0.000000617. The quantitative estimate of drug-likeness (QED) is 0.268. The number of carboxylic acids is 1. The molecule has 7 nitrogen and oxygen atoms in total. The van der Waals surface area contributed by atoms with Crippen molar-refractivity contribution in [3.63, 3.8) is 0 Å². The molecule has 1 amide bonds. The summed E-state index contributed by atoms with van der Waals surface area (Å²) >= 11 is 12.3. The van der Waals surface area contributed by atoms with E-state index in [0.29, 0.717) is 24.1 Å². The van der Waals surface area contributed by atoms with E-state index < -0.39 is 53.1 Å². The molecule has 2 fully saturated rings. The van der Waals surface area contributed by atoms with E-state index in [1.54, 1.807) is 12.1 Å². The van der Waals surface area contributed by atoms with Gasteiger partial charge < -0.3 is 20.6 Å². The molecular formula is C32H36Cl2F5N3O4. The van der Waals surface area contributed by atoms with Crippen molar-refractivity contribution >= 4 is 46.5 Å². The van der Waals surface area contributed by atoms with E-state index in [1.807, 2.05) is 20.8 Å². The molecule has 0 unspecified atom stereocenters. The minimum absolute atomic E-state index is 0.0926. The van der Waals surface area contributed by atoms with Crippen molar-refractivity contribution in [2.45, 2.75) is 82.5 Å². The van der Waals surface area contributed by atoms with Gasteiger partial charge in [0.05, 0.1) is 16.1 Å². The summed E-state index contributed by atoms with van der Waals surface area (Å²) < 4.78 is 62.5. The van der Waals surface area contributed by atoms with Crippen molar-refractivity contribution < 1.29 is 41.4 Å². The minimum Gasteiger partial charge on any atom is -0.475 e. The number of aliphatic carboxylic acids is 1. The van der Waals surface area contributed by atoms with E-state index in [4.69, 9.17) is 33.1 Å². The number of Topliss-reactive ketones (excluding diaryl/α,β-unsaturated/α-hetero) is 1. The third kappa shape index (κ3) is 7.35. The molecule has 5 rings (SSSR count). The predicted octanol–water partition coefficient (Wildman–Crippen LogP) is 7.10. The largest absolute Gasteiger partial charge is 0.490 e. The highest BCUT2D eigenvalue weighted by Gasteiger charge is 2.66. The Hall–Kier alpha value is -2.80.